The van der Waals surface area contributed by atoms with Gasteiger partial charge in [0.15, 0.2) is 0 Å². The predicted octanol–water partition coefficient (Wildman–Crippen LogP) is 1.07. The number of nitrogens with one attached hydrogen (secondary N) is 1. The summed E-state index contributed by atoms with van der Waals surface area (Å²) in [6.07, 6.45) is -0.684. The Morgan fingerprint density at radius 1 is 1.60 bits per heavy atom. The molecule has 4 heteroatoms. The molecule has 0 aromatic heterocycles. The first-order valence-electron chi connectivity index (χ1n) is 3.26. The summed E-state index contributed by atoms with van der Waals surface area (Å²) in [5, 5.41) is 0. The molecule has 0 fully saturated rings. The van der Waals surface area contributed by atoms with E-state index in [1.54, 1.807) is 6.92 Å². The summed E-state index contributed by atoms with van der Waals surface area (Å²) >= 11 is 0. The number of carbonyl (C=O) groups is 1. The Bertz CT molecular complexity index is 103. The average Bonchev–Trinajstić information content (AvgIpc) is 1.85. The van der Waals surface area contributed by atoms with Crippen molar-refractivity contribution in [1.82, 2.24) is 5.48 Å². The fourth-order valence-electron chi connectivity index (χ4n) is 0.313. The normalized spacial score (nSPS) is 9.60. The zero-order valence-electron chi connectivity index (χ0n) is 6.51. The van der Waals surface area contributed by atoms with Crippen LogP contribution >= 0.6 is 0 Å². The molecule has 0 saturated carbocycles. The highest BCUT2D eigenvalue weighted by atomic mass is 16.8. The van der Waals surface area contributed by atoms with Crippen molar-refractivity contribution in [3.05, 3.63) is 0 Å². The lowest BCUT2D eigenvalue weighted by Crippen LogP contribution is -2.26. The van der Waals surface area contributed by atoms with Crippen LogP contribution in [0.15, 0.2) is 0 Å². The Labute approximate surface area is 60.5 Å². The van der Waals surface area contributed by atoms with Crippen molar-refractivity contribution in [3.63, 3.8) is 0 Å². The van der Waals surface area contributed by atoms with E-state index in [1.807, 2.05) is 13.8 Å². The van der Waals surface area contributed by atoms with Gasteiger partial charge < -0.3 is 9.57 Å². The van der Waals surface area contributed by atoms with E-state index in [0.29, 0.717) is 6.61 Å². The van der Waals surface area contributed by atoms with E-state index >= 15 is 0 Å². The van der Waals surface area contributed by atoms with Crippen LogP contribution < -0.4 is 5.48 Å². The topological polar surface area (TPSA) is 47.6 Å². The second kappa shape index (κ2) is 5.05. The summed E-state index contributed by atoms with van der Waals surface area (Å²) in [5.74, 6) is 0. The van der Waals surface area contributed by atoms with E-state index < -0.39 is 6.16 Å². The lowest BCUT2D eigenvalue weighted by Gasteiger charge is -2.06. The monoisotopic (exact) mass is 147 g/mol. The molecule has 60 valence electrons. The van der Waals surface area contributed by atoms with Crippen LogP contribution in [-0.2, 0) is 9.57 Å². The molecule has 0 radical (unpaired) electrons. The van der Waals surface area contributed by atoms with Crippen LogP contribution in [0.4, 0.5) is 4.79 Å². The van der Waals surface area contributed by atoms with Crippen molar-refractivity contribution in [2.45, 2.75) is 26.8 Å². The standard InChI is InChI=1S/C6H13NO3/c1-4-9-6(8)10-7-5(2)3/h5,7H,4H2,1-3H3. The number of hydrogen-bond acceptors (Lipinski definition) is 4. The number of carbonyl (C=O) groups excluding carboxylic acids is 1. The summed E-state index contributed by atoms with van der Waals surface area (Å²) in [6.45, 7) is 5.77. The maximum atomic E-state index is 10.4. The van der Waals surface area contributed by atoms with Gasteiger partial charge in [-0.15, -0.1) is 5.48 Å². The molecule has 4 nitrogen and oxygen atoms in total. The van der Waals surface area contributed by atoms with Gasteiger partial charge in [0, 0.05) is 6.04 Å². The maximum absolute atomic E-state index is 10.4. The molecule has 0 bridgehead atoms. The Morgan fingerprint density at radius 2 is 2.20 bits per heavy atom. The minimum atomic E-state index is -0.684. The zero-order chi connectivity index (χ0) is 7.98. The van der Waals surface area contributed by atoms with Gasteiger partial charge in [-0.2, -0.15) is 0 Å². The van der Waals surface area contributed by atoms with E-state index in [4.69, 9.17) is 0 Å². The zero-order valence-corrected chi connectivity index (χ0v) is 6.51. The van der Waals surface area contributed by atoms with Crippen LogP contribution in [-0.4, -0.2) is 18.8 Å². The van der Waals surface area contributed by atoms with Crippen molar-refractivity contribution in [2.75, 3.05) is 6.61 Å². The molecular formula is C6H13NO3. The smallest absolute Gasteiger partial charge is 0.433 e. The van der Waals surface area contributed by atoms with Crippen LogP contribution in [0.25, 0.3) is 0 Å². The minimum absolute atomic E-state index is 0.115. The van der Waals surface area contributed by atoms with Gasteiger partial charge in [0.1, 0.15) is 0 Å². The van der Waals surface area contributed by atoms with E-state index in [2.05, 4.69) is 15.1 Å². The van der Waals surface area contributed by atoms with Gasteiger partial charge in [0.2, 0.25) is 0 Å². The number of ether oxygens (including phenoxy) is 1. The first-order valence-corrected chi connectivity index (χ1v) is 3.26. The molecule has 0 spiro atoms. The first-order chi connectivity index (χ1) is 4.66. The maximum Gasteiger partial charge on any atom is 0.527 e. The van der Waals surface area contributed by atoms with Crippen molar-refractivity contribution in [3.8, 4) is 0 Å². The SMILES string of the molecule is CCOC(=O)ONC(C)C. The highest BCUT2D eigenvalue weighted by Gasteiger charge is 2.01. The van der Waals surface area contributed by atoms with Crippen LogP contribution in [0, 0.1) is 0 Å². The first kappa shape index (κ1) is 9.23. The Kier molecular flexibility index (Phi) is 4.66. The van der Waals surface area contributed by atoms with Crippen molar-refractivity contribution in [1.29, 1.82) is 0 Å². The summed E-state index contributed by atoms with van der Waals surface area (Å²) in [7, 11) is 0. The van der Waals surface area contributed by atoms with Crippen molar-refractivity contribution < 1.29 is 14.4 Å². The molecular weight excluding hydrogens is 134 g/mol. The molecule has 0 aromatic rings. The van der Waals surface area contributed by atoms with Gasteiger partial charge in [-0.3, -0.25) is 0 Å². The molecule has 0 rings (SSSR count). The molecule has 0 amide bonds. The molecule has 10 heavy (non-hydrogen) atoms. The van der Waals surface area contributed by atoms with Crippen LogP contribution in [0.2, 0.25) is 0 Å². The van der Waals surface area contributed by atoms with Gasteiger partial charge >= 0.3 is 6.16 Å². The average molecular weight is 147 g/mol. The fourth-order valence-corrected chi connectivity index (χ4v) is 0.313. The Morgan fingerprint density at radius 3 is 2.60 bits per heavy atom. The molecule has 0 unspecified atom stereocenters. The lowest BCUT2D eigenvalue weighted by atomic mass is 10.4. The summed E-state index contributed by atoms with van der Waals surface area (Å²) in [6, 6.07) is 0.115. The van der Waals surface area contributed by atoms with Crippen LogP contribution in [0.1, 0.15) is 20.8 Å². The summed E-state index contributed by atoms with van der Waals surface area (Å²) in [5.41, 5.74) is 2.46. The van der Waals surface area contributed by atoms with Gasteiger partial charge in [-0.05, 0) is 20.8 Å². The minimum Gasteiger partial charge on any atom is -0.433 e. The lowest BCUT2D eigenvalue weighted by molar-refractivity contribution is 0.0103. The largest absolute Gasteiger partial charge is 0.527 e. The van der Waals surface area contributed by atoms with E-state index in [-0.39, 0.29) is 6.04 Å². The van der Waals surface area contributed by atoms with Gasteiger partial charge in [-0.1, -0.05) is 0 Å². The summed E-state index contributed by atoms with van der Waals surface area (Å²) in [4.78, 5) is 14.9. The second-order valence-corrected chi connectivity index (χ2v) is 2.06. The van der Waals surface area contributed by atoms with Gasteiger partial charge in [-0.25, -0.2) is 4.79 Å². The molecule has 0 aliphatic heterocycles. The van der Waals surface area contributed by atoms with E-state index in [0.717, 1.165) is 0 Å². The Hall–Kier alpha value is -0.770. The summed E-state index contributed by atoms with van der Waals surface area (Å²) < 4.78 is 4.47. The number of hydrogen-bond donors (Lipinski definition) is 1. The molecule has 0 aromatic carbocycles. The van der Waals surface area contributed by atoms with Crippen LogP contribution in [0.3, 0.4) is 0 Å². The molecule has 0 atom stereocenters. The van der Waals surface area contributed by atoms with E-state index in [9.17, 15) is 4.79 Å². The van der Waals surface area contributed by atoms with Gasteiger partial charge in [0.05, 0.1) is 6.61 Å². The quantitative estimate of drug-likeness (QED) is 0.479. The third-order valence-corrected chi connectivity index (χ3v) is 0.640. The van der Waals surface area contributed by atoms with Crippen LogP contribution in [0.5, 0.6) is 0 Å². The number of hydroxylamine groups is 1. The third kappa shape index (κ3) is 5.37. The Balaban J connectivity index is 3.22. The fraction of sp³-hybridized carbons (Fsp3) is 0.833. The predicted molar refractivity (Wildman–Crippen MR) is 36.4 cm³/mol. The van der Waals surface area contributed by atoms with Gasteiger partial charge in [0.25, 0.3) is 0 Å². The molecule has 0 aliphatic carbocycles. The van der Waals surface area contributed by atoms with E-state index in [1.165, 1.54) is 0 Å². The molecule has 0 saturated heterocycles. The highest BCUT2D eigenvalue weighted by molar-refractivity contribution is 5.59. The molecule has 0 heterocycles. The second-order valence-electron chi connectivity index (χ2n) is 2.06. The molecule has 0 aliphatic rings. The van der Waals surface area contributed by atoms with Crippen molar-refractivity contribution >= 4 is 6.16 Å². The molecule has 1 N–H and O–H groups in total. The third-order valence-electron chi connectivity index (χ3n) is 0.640. The highest BCUT2D eigenvalue weighted by Crippen LogP contribution is 1.83. The number of rotatable bonds is 3. The van der Waals surface area contributed by atoms with Crippen molar-refractivity contribution in [2.24, 2.45) is 0 Å².